The third-order valence-electron chi connectivity index (χ3n) is 4.84. The Hall–Kier alpha value is -2.96. The lowest BCUT2D eigenvalue weighted by molar-refractivity contribution is -0.126. The largest absolute Gasteiger partial charge is 0.353 e. The van der Waals surface area contributed by atoms with Gasteiger partial charge in [0, 0.05) is 18.7 Å². The van der Waals surface area contributed by atoms with Gasteiger partial charge in [-0.25, -0.2) is 8.42 Å². The monoisotopic (exact) mass is 392 g/mol. The molecule has 0 saturated carbocycles. The van der Waals surface area contributed by atoms with Crippen LogP contribution in [0.5, 0.6) is 0 Å². The van der Waals surface area contributed by atoms with Crippen molar-refractivity contribution in [2.45, 2.75) is 10.9 Å². The van der Waals surface area contributed by atoms with Crippen LogP contribution in [0.4, 0.5) is 0 Å². The molecular formula is C22H20N2O3S. The van der Waals surface area contributed by atoms with E-state index < -0.39 is 16.1 Å². The lowest BCUT2D eigenvalue weighted by Gasteiger charge is -2.34. The van der Waals surface area contributed by atoms with Gasteiger partial charge in [-0.3, -0.25) is 4.79 Å². The maximum Gasteiger partial charge on any atom is 0.244 e. The first-order valence-corrected chi connectivity index (χ1v) is 10.5. The Labute approximate surface area is 164 Å². The van der Waals surface area contributed by atoms with Crippen LogP contribution in [0.3, 0.4) is 0 Å². The molecule has 0 aliphatic carbocycles. The van der Waals surface area contributed by atoms with Crippen LogP contribution in [0.25, 0.3) is 11.1 Å². The second-order valence-corrected chi connectivity index (χ2v) is 8.44. The van der Waals surface area contributed by atoms with E-state index in [9.17, 15) is 13.2 Å². The number of benzene rings is 3. The van der Waals surface area contributed by atoms with Crippen LogP contribution in [0.1, 0.15) is 11.6 Å². The molecule has 4 rings (SSSR count). The minimum Gasteiger partial charge on any atom is -0.353 e. The van der Waals surface area contributed by atoms with Gasteiger partial charge >= 0.3 is 0 Å². The second kappa shape index (κ2) is 7.58. The molecule has 1 unspecified atom stereocenters. The summed E-state index contributed by atoms with van der Waals surface area (Å²) in [6.07, 6.45) is 0. The summed E-state index contributed by atoms with van der Waals surface area (Å²) in [5.74, 6) is -0.307. The van der Waals surface area contributed by atoms with Crippen molar-refractivity contribution in [1.82, 2.24) is 9.62 Å². The number of carbonyl (C=O) groups excluding carboxylic acids is 1. The van der Waals surface area contributed by atoms with Crippen LogP contribution in [0.15, 0.2) is 89.8 Å². The Bertz CT molecular complexity index is 1080. The van der Waals surface area contributed by atoms with E-state index in [1.807, 2.05) is 42.5 Å². The molecule has 1 heterocycles. The molecule has 28 heavy (non-hydrogen) atoms. The van der Waals surface area contributed by atoms with Crippen molar-refractivity contribution in [3.8, 4) is 11.1 Å². The Balaban J connectivity index is 1.83. The van der Waals surface area contributed by atoms with Crippen molar-refractivity contribution in [3.63, 3.8) is 0 Å². The second-order valence-electron chi connectivity index (χ2n) is 6.58. The first kappa shape index (κ1) is 18.4. The molecule has 3 aromatic carbocycles. The average molecular weight is 392 g/mol. The first-order chi connectivity index (χ1) is 13.6. The van der Waals surface area contributed by atoms with Crippen molar-refractivity contribution < 1.29 is 13.2 Å². The molecule has 1 N–H and O–H groups in total. The van der Waals surface area contributed by atoms with E-state index in [0.29, 0.717) is 11.1 Å². The summed E-state index contributed by atoms with van der Waals surface area (Å²) in [6, 6.07) is 24.5. The smallest absolute Gasteiger partial charge is 0.244 e. The molecule has 1 saturated heterocycles. The number of sulfonamides is 1. The standard InChI is InChI=1S/C22H20N2O3S/c25-22-21(18-11-5-2-6-12-18)24(16-15-23-22)28(26,27)20-14-8-7-13-19(20)17-9-3-1-4-10-17/h1-14,21H,15-16H2,(H,23,25). The molecule has 142 valence electrons. The molecular weight excluding hydrogens is 372 g/mol. The lowest BCUT2D eigenvalue weighted by Crippen LogP contribution is -2.52. The quantitative estimate of drug-likeness (QED) is 0.741. The molecule has 6 heteroatoms. The molecule has 1 fully saturated rings. The number of nitrogens with zero attached hydrogens (tertiary/aromatic N) is 1. The number of amides is 1. The topological polar surface area (TPSA) is 66.5 Å². The highest BCUT2D eigenvalue weighted by molar-refractivity contribution is 7.89. The molecule has 0 aromatic heterocycles. The fourth-order valence-corrected chi connectivity index (χ4v) is 5.33. The molecule has 5 nitrogen and oxygen atoms in total. The lowest BCUT2D eigenvalue weighted by atomic mass is 10.1. The molecule has 1 aliphatic heterocycles. The predicted molar refractivity (Wildman–Crippen MR) is 108 cm³/mol. The summed E-state index contributed by atoms with van der Waals surface area (Å²) >= 11 is 0. The van der Waals surface area contributed by atoms with Crippen LogP contribution < -0.4 is 5.32 Å². The summed E-state index contributed by atoms with van der Waals surface area (Å²) in [5.41, 5.74) is 2.10. The Kier molecular flexibility index (Phi) is 4.98. The van der Waals surface area contributed by atoms with Crippen molar-refractivity contribution in [2.75, 3.05) is 13.1 Å². The first-order valence-electron chi connectivity index (χ1n) is 9.08. The zero-order valence-electron chi connectivity index (χ0n) is 15.2. The Morgan fingerprint density at radius 1 is 0.821 bits per heavy atom. The number of hydrogen-bond donors (Lipinski definition) is 1. The molecule has 1 amide bonds. The zero-order valence-corrected chi connectivity index (χ0v) is 16.0. The summed E-state index contributed by atoms with van der Waals surface area (Å²) in [5, 5.41) is 2.79. The summed E-state index contributed by atoms with van der Waals surface area (Å²) in [6.45, 7) is 0.506. The SMILES string of the molecule is O=C1NCCN(S(=O)(=O)c2ccccc2-c2ccccc2)C1c1ccccc1. The van der Waals surface area contributed by atoms with Gasteiger partial charge in [0.1, 0.15) is 6.04 Å². The number of rotatable bonds is 4. The molecule has 0 radical (unpaired) electrons. The number of hydrogen-bond acceptors (Lipinski definition) is 3. The van der Waals surface area contributed by atoms with Crippen molar-refractivity contribution in [1.29, 1.82) is 0 Å². The Morgan fingerprint density at radius 3 is 2.14 bits per heavy atom. The van der Waals surface area contributed by atoms with Gasteiger partial charge < -0.3 is 5.32 Å². The van der Waals surface area contributed by atoms with Gasteiger partial charge in [0.05, 0.1) is 4.90 Å². The highest BCUT2D eigenvalue weighted by atomic mass is 32.2. The van der Waals surface area contributed by atoms with E-state index in [4.69, 9.17) is 0 Å². The Morgan fingerprint density at radius 2 is 1.43 bits per heavy atom. The number of carbonyl (C=O) groups is 1. The van der Waals surface area contributed by atoms with E-state index >= 15 is 0 Å². The zero-order chi connectivity index (χ0) is 19.6. The number of nitrogens with one attached hydrogen (secondary N) is 1. The van der Waals surface area contributed by atoms with Crippen molar-refractivity contribution >= 4 is 15.9 Å². The highest BCUT2D eigenvalue weighted by Crippen LogP contribution is 2.34. The van der Waals surface area contributed by atoms with Crippen LogP contribution in [-0.2, 0) is 14.8 Å². The molecule has 0 spiro atoms. The highest BCUT2D eigenvalue weighted by Gasteiger charge is 2.40. The third-order valence-corrected chi connectivity index (χ3v) is 6.76. The minimum atomic E-state index is -3.90. The van der Waals surface area contributed by atoms with Crippen LogP contribution in [0, 0.1) is 0 Å². The summed E-state index contributed by atoms with van der Waals surface area (Å²) < 4.78 is 28.6. The van der Waals surface area contributed by atoms with Gasteiger partial charge in [-0.1, -0.05) is 78.9 Å². The van der Waals surface area contributed by atoms with Gasteiger partial charge in [-0.2, -0.15) is 4.31 Å². The maximum atomic E-state index is 13.7. The normalized spacial score (nSPS) is 17.9. The van der Waals surface area contributed by atoms with Crippen LogP contribution >= 0.6 is 0 Å². The minimum absolute atomic E-state index is 0.205. The number of piperazine rings is 1. The van der Waals surface area contributed by atoms with Crippen molar-refractivity contribution in [2.24, 2.45) is 0 Å². The average Bonchev–Trinajstić information content (AvgIpc) is 2.75. The molecule has 1 atom stereocenters. The summed E-state index contributed by atoms with van der Waals surface area (Å²) in [4.78, 5) is 12.8. The van der Waals surface area contributed by atoms with Crippen LogP contribution in [0.2, 0.25) is 0 Å². The van der Waals surface area contributed by atoms with Crippen molar-refractivity contribution in [3.05, 3.63) is 90.5 Å². The molecule has 3 aromatic rings. The van der Waals surface area contributed by atoms with E-state index in [-0.39, 0.29) is 23.9 Å². The fourth-order valence-electron chi connectivity index (χ4n) is 3.53. The maximum absolute atomic E-state index is 13.7. The van der Waals surface area contributed by atoms with E-state index in [1.54, 1.807) is 42.5 Å². The van der Waals surface area contributed by atoms with Gasteiger partial charge in [0.2, 0.25) is 15.9 Å². The summed E-state index contributed by atoms with van der Waals surface area (Å²) in [7, 11) is -3.90. The van der Waals surface area contributed by atoms with E-state index in [2.05, 4.69) is 5.32 Å². The fraction of sp³-hybridized carbons (Fsp3) is 0.136. The van der Waals surface area contributed by atoms with Gasteiger partial charge in [0.25, 0.3) is 0 Å². The van der Waals surface area contributed by atoms with Crippen LogP contribution in [-0.4, -0.2) is 31.7 Å². The third kappa shape index (κ3) is 3.32. The van der Waals surface area contributed by atoms with Gasteiger partial charge in [0.15, 0.2) is 0 Å². The van der Waals surface area contributed by atoms with Gasteiger partial charge in [-0.15, -0.1) is 0 Å². The van der Waals surface area contributed by atoms with E-state index in [1.165, 1.54) is 4.31 Å². The van der Waals surface area contributed by atoms with Gasteiger partial charge in [-0.05, 0) is 17.2 Å². The molecule has 0 bridgehead atoms. The van der Waals surface area contributed by atoms with E-state index in [0.717, 1.165) is 5.56 Å². The molecule has 1 aliphatic rings. The predicted octanol–water partition coefficient (Wildman–Crippen LogP) is 3.22.